The van der Waals surface area contributed by atoms with E-state index in [1.165, 1.54) is 25.7 Å². The lowest BCUT2D eigenvalue weighted by Crippen LogP contribution is -2.40. The molecule has 1 atom stereocenters. The zero-order valence-corrected chi connectivity index (χ0v) is 11.1. The molecule has 0 aromatic carbocycles. The first-order valence-electron chi connectivity index (χ1n) is 6.44. The quantitative estimate of drug-likeness (QED) is 0.646. The second-order valence-electron chi connectivity index (χ2n) is 5.10. The van der Waals surface area contributed by atoms with Crippen molar-refractivity contribution in [1.82, 2.24) is 5.32 Å². The Hall–Kier alpha value is -0.120. The molecule has 0 bridgehead atoms. The van der Waals surface area contributed by atoms with Gasteiger partial charge in [0.1, 0.15) is 0 Å². The highest BCUT2D eigenvalue weighted by Gasteiger charge is 2.38. The Bertz CT molecular complexity index is 179. The van der Waals surface area contributed by atoms with E-state index >= 15 is 0 Å². The number of rotatable bonds is 8. The van der Waals surface area contributed by atoms with Crippen LogP contribution in [-0.4, -0.2) is 40.5 Å². The van der Waals surface area contributed by atoms with Gasteiger partial charge in [-0.1, -0.05) is 19.8 Å². The third-order valence-corrected chi connectivity index (χ3v) is 4.02. The van der Waals surface area contributed by atoms with Gasteiger partial charge in [0, 0.05) is 33.9 Å². The van der Waals surface area contributed by atoms with E-state index in [4.69, 9.17) is 9.47 Å². The Morgan fingerprint density at radius 3 is 2.44 bits per heavy atom. The van der Waals surface area contributed by atoms with E-state index in [0.29, 0.717) is 11.3 Å². The first kappa shape index (κ1) is 13.9. The molecular formula is C13H27NO2. The van der Waals surface area contributed by atoms with E-state index in [9.17, 15) is 0 Å². The van der Waals surface area contributed by atoms with Crippen LogP contribution in [0.2, 0.25) is 0 Å². The van der Waals surface area contributed by atoms with Gasteiger partial charge in [0.05, 0.1) is 6.61 Å². The molecule has 0 aromatic heterocycles. The largest absolute Gasteiger partial charge is 0.384 e. The van der Waals surface area contributed by atoms with Crippen molar-refractivity contribution >= 4 is 0 Å². The van der Waals surface area contributed by atoms with Crippen LogP contribution in [0.3, 0.4) is 0 Å². The summed E-state index contributed by atoms with van der Waals surface area (Å²) in [4.78, 5) is 0. The van der Waals surface area contributed by atoms with Gasteiger partial charge < -0.3 is 14.8 Å². The van der Waals surface area contributed by atoms with E-state index in [0.717, 1.165) is 26.3 Å². The van der Waals surface area contributed by atoms with Gasteiger partial charge in [-0.15, -0.1) is 0 Å². The van der Waals surface area contributed by atoms with Gasteiger partial charge >= 0.3 is 0 Å². The number of nitrogens with one attached hydrogen (secondary N) is 1. The Labute approximate surface area is 99.9 Å². The molecule has 0 heterocycles. The molecule has 1 aliphatic carbocycles. The minimum Gasteiger partial charge on any atom is -0.384 e. The molecular weight excluding hydrogens is 202 g/mol. The zero-order valence-electron chi connectivity index (χ0n) is 11.1. The molecule has 16 heavy (non-hydrogen) atoms. The van der Waals surface area contributed by atoms with Crippen LogP contribution in [0.1, 0.15) is 32.6 Å². The second-order valence-corrected chi connectivity index (χ2v) is 5.10. The van der Waals surface area contributed by atoms with Crippen molar-refractivity contribution in [1.29, 1.82) is 0 Å². The van der Waals surface area contributed by atoms with Crippen molar-refractivity contribution < 1.29 is 9.47 Å². The summed E-state index contributed by atoms with van der Waals surface area (Å²) in [5.41, 5.74) is 0.462. The van der Waals surface area contributed by atoms with Gasteiger partial charge in [-0.05, 0) is 24.2 Å². The molecule has 1 saturated carbocycles. The summed E-state index contributed by atoms with van der Waals surface area (Å²) in [6.45, 7) is 6.08. The van der Waals surface area contributed by atoms with Gasteiger partial charge in [0.2, 0.25) is 0 Å². The molecule has 0 aliphatic heterocycles. The first-order chi connectivity index (χ1) is 7.75. The maximum absolute atomic E-state index is 5.32. The minimum atomic E-state index is 0.462. The number of ether oxygens (including phenoxy) is 2. The summed E-state index contributed by atoms with van der Waals surface area (Å²) in [5, 5.41) is 3.53. The van der Waals surface area contributed by atoms with Crippen LogP contribution in [0.15, 0.2) is 0 Å². The fourth-order valence-corrected chi connectivity index (χ4v) is 2.86. The third kappa shape index (κ3) is 3.72. The Morgan fingerprint density at radius 1 is 1.19 bits per heavy atom. The lowest BCUT2D eigenvalue weighted by molar-refractivity contribution is 0.0707. The summed E-state index contributed by atoms with van der Waals surface area (Å²) in [6, 6.07) is 0. The van der Waals surface area contributed by atoms with Crippen LogP contribution >= 0.6 is 0 Å². The lowest BCUT2D eigenvalue weighted by Gasteiger charge is -2.35. The van der Waals surface area contributed by atoms with Gasteiger partial charge in [0.25, 0.3) is 0 Å². The van der Waals surface area contributed by atoms with E-state index in [1.807, 2.05) is 0 Å². The first-order valence-corrected chi connectivity index (χ1v) is 6.44. The molecule has 1 fully saturated rings. The van der Waals surface area contributed by atoms with Crippen LogP contribution in [0.4, 0.5) is 0 Å². The van der Waals surface area contributed by atoms with Crippen molar-refractivity contribution in [3.05, 3.63) is 0 Å². The maximum Gasteiger partial charge on any atom is 0.0587 e. The van der Waals surface area contributed by atoms with E-state index in [2.05, 4.69) is 12.2 Å². The number of methoxy groups -OCH3 is 2. The van der Waals surface area contributed by atoms with Gasteiger partial charge in [-0.3, -0.25) is 0 Å². The molecule has 1 unspecified atom stereocenters. The molecule has 3 nitrogen and oxygen atoms in total. The van der Waals surface area contributed by atoms with E-state index in [-0.39, 0.29) is 0 Å². The fourth-order valence-electron chi connectivity index (χ4n) is 2.86. The van der Waals surface area contributed by atoms with Gasteiger partial charge in [0.15, 0.2) is 0 Å². The fraction of sp³-hybridized carbons (Fsp3) is 1.00. The Kier molecular flexibility index (Phi) is 6.32. The summed E-state index contributed by atoms with van der Waals surface area (Å²) < 4.78 is 10.4. The number of hydrogen-bond acceptors (Lipinski definition) is 3. The van der Waals surface area contributed by atoms with Crippen LogP contribution in [0, 0.1) is 11.3 Å². The molecule has 1 aliphatic rings. The molecule has 0 spiro atoms. The van der Waals surface area contributed by atoms with Crippen molar-refractivity contribution in [2.24, 2.45) is 11.3 Å². The van der Waals surface area contributed by atoms with E-state index in [1.54, 1.807) is 14.2 Å². The van der Waals surface area contributed by atoms with Crippen LogP contribution in [0.5, 0.6) is 0 Å². The predicted molar refractivity (Wildman–Crippen MR) is 66.7 cm³/mol. The van der Waals surface area contributed by atoms with Crippen LogP contribution < -0.4 is 5.32 Å². The summed E-state index contributed by atoms with van der Waals surface area (Å²) in [7, 11) is 3.55. The second kappa shape index (κ2) is 7.25. The van der Waals surface area contributed by atoms with Crippen LogP contribution in [-0.2, 0) is 9.47 Å². The van der Waals surface area contributed by atoms with E-state index < -0.39 is 0 Å². The molecule has 1 rings (SSSR count). The van der Waals surface area contributed by atoms with Crippen LogP contribution in [0.25, 0.3) is 0 Å². The molecule has 0 amide bonds. The monoisotopic (exact) mass is 229 g/mol. The maximum atomic E-state index is 5.32. The number of hydrogen-bond donors (Lipinski definition) is 1. The average molecular weight is 229 g/mol. The minimum absolute atomic E-state index is 0.462. The summed E-state index contributed by atoms with van der Waals surface area (Å²) in [6.07, 6.45) is 5.44. The highest BCUT2D eigenvalue weighted by atomic mass is 16.5. The van der Waals surface area contributed by atoms with Gasteiger partial charge in [-0.25, -0.2) is 0 Å². The van der Waals surface area contributed by atoms with Crippen molar-refractivity contribution in [2.45, 2.75) is 32.6 Å². The van der Waals surface area contributed by atoms with Gasteiger partial charge in [-0.2, -0.15) is 0 Å². The molecule has 0 radical (unpaired) electrons. The standard InChI is InChI=1S/C13H27NO2/c1-12(10-16-3)13(6-4-5-7-13)11-14-8-9-15-2/h12,14H,4-11H2,1-3H3. The van der Waals surface area contributed by atoms with Crippen molar-refractivity contribution in [3.63, 3.8) is 0 Å². The van der Waals surface area contributed by atoms with Crippen molar-refractivity contribution in [2.75, 3.05) is 40.5 Å². The third-order valence-electron chi connectivity index (χ3n) is 4.02. The zero-order chi connectivity index (χ0) is 11.9. The molecule has 0 saturated heterocycles. The highest BCUT2D eigenvalue weighted by molar-refractivity contribution is 4.90. The normalized spacial score (nSPS) is 21.2. The van der Waals surface area contributed by atoms with Crippen molar-refractivity contribution in [3.8, 4) is 0 Å². The average Bonchev–Trinajstić information content (AvgIpc) is 2.75. The molecule has 1 N–H and O–H groups in total. The Morgan fingerprint density at radius 2 is 1.88 bits per heavy atom. The topological polar surface area (TPSA) is 30.5 Å². The molecule has 96 valence electrons. The molecule has 0 aromatic rings. The highest BCUT2D eigenvalue weighted by Crippen LogP contribution is 2.43. The molecule has 3 heteroatoms. The summed E-state index contributed by atoms with van der Waals surface area (Å²) in [5.74, 6) is 0.648. The summed E-state index contributed by atoms with van der Waals surface area (Å²) >= 11 is 0. The predicted octanol–water partition coefficient (Wildman–Crippen LogP) is 2.07. The Balaban J connectivity index is 2.38. The smallest absolute Gasteiger partial charge is 0.0587 e. The SMILES string of the molecule is COCCNCC1(C(C)COC)CCCC1. The lowest BCUT2D eigenvalue weighted by atomic mass is 9.75.